The molecule has 0 fully saturated rings. The second kappa shape index (κ2) is 19.3. The second-order valence-corrected chi connectivity index (χ2v) is 16.0. The van der Waals surface area contributed by atoms with Gasteiger partial charge in [0.25, 0.3) is 0 Å². The quantitative estimate of drug-likeness (QED) is 0.0695. The van der Waals surface area contributed by atoms with Crippen LogP contribution in [0.4, 0.5) is 26.7 Å². The van der Waals surface area contributed by atoms with Gasteiger partial charge in [-0.15, -0.1) is 0 Å². The first-order chi connectivity index (χ1) is 27.5. The van der Waals surface area contributed by atoms with Crippen molar-refractivity contribution in [2.24, 2.45) is 0 Å². The summed E-state index contributed by atoms with van der Waals surface area (Å²) in [5, 5.41) is 29.5. The van der Waals surface area contributed by atoms with Gasteiger partial charge in [-0.1, -0.05) is 91.0 Å². The number of aliphatic hydroxyl groups is 1. The number of ether oxygens (including phenoxy) is 3. The van der Waals surface area contributed by atoms with Crippen LogP contribution in [-0.4, -0.2) is 51.4 Å². The Kier molecular flexibility index (Phi) is 14.3. The number of rotatable bonds is 15. The molecule has 5 rings (SSSR count). The number of nitro benzene ring substituents is 1. The van der Waals surface area contributed by atoms with Gasteiger partial charge in [0.15, 0.2) is 5.75 Å². The van der Waals surface area contributed by atoms with Crippen LogP contribution in [0.15, 0.2) is 127 Å². The summed E-state index contributed by atoms with van der Waals surface area (Å²) in [6.07, 6.45) is -2.22. The van der Waals surface area contributed by atoms with Gasteiger partial charge in [-0.05, 0) is 99.7 Å². The number of hydrogen-bond donors (Lipinski definition) is 3. The van der Waals surface area contributed by atoms with E-state index in [9.17, 15) is 24.8 Å². The lowest BCUT2D eigenvalue weighted by atomic mass is 9.90. The molecule has 0 saturated heterocycles. The predicted molar refractivity (Wildman–Crippen MR) is 225 cm³/mol. The summed E-state index contributed by atoms with van der Waals surface area (Å²) in [5.74, 6) is -0.148. The number of aliphatic hydroxyl groups excluding tert-OH is 1. The number of benzene rings is 5. The fraction of sp³-hybridized carbons (Fsp3) is 0.304. The Labute approximate surface area is 339 Å². The number of carbonyl (C=O) groups excluding carboxylic acids is 2. The van der Waals surface area contributed by atoms with Gasteiger partial charge in [0.2, 0.25) is 0 Å². The third kappa shape index (κ3) is 13.5. The molecule has 2 amide bonds. The Morgan fingerprint density at radius 1 is 0.672 bits per heavy atom. The van der Waals surface area contributed by atoms with E-state index in [1.165, 1.54) is 12.1 Å². The highest BCUT2D eigenvalue weighted by atomic mass is 16.6. The van der Waals surface area contributed by atoms with Crippen LogP contribution >= 0.6 is 0 Å². The lowest BCUT2D eigenvalue weighted by Crippen LogP contribution is -2.33. The van der Waals surface area contributed by atoms with Crippen LogP contribution < -0.4 is 15.4 Å². The van der Waals surface area contributed by atoms with Gasteiger partial charge in [-0.3, -0.25) is 25.6 Å². The SMILES string of the molecule is CC(C)(C)OC(=O)Nc1ccc(C(CN(Cc2ccccc2)CC(O)c2ccc(OCc3ccccc3)c([N+](=O)[O-])c2)c2ccc(NC(=O)OC(C)(C)C)cc2)cc1. The average molecular weight is 789 g/mol. The van der Waals surface area contributed by atoms with E-state index >= 15 is 0 Å². The van der Waals surface area contributed by atoms with Gasteiger partial charge in [0, 0.05) is 43.0 Å². The smallest absolute Gasteiger partial charge is 0.412 e. The Balaban J connectivity index is 1.44. The highest BCUT2D eigenvalue weighted by molar-refractivity contribution is 5.85. The lowest BCUT2D eigenvalue weighted by Gasteiger charge is -2.30. The zero-order valence-electron chi connectivity index (χ0n) is 33.8. The molecule has 12 nitrogen and oxygen atoms in total. The fourth-order valence-corrected chi connectivity index (χ4v) is 6.24. The molecule has 1 atom stereocenters. The number of hydrogen-bond acceptors (Lipinski definition) is 9. The highest BCUT2D eigenvalue weighted by Crippen LogP contribution is 2.33. The average Bonchev–Trinajstić information content (AvgIpc) is 3.16. The van der Waals surface area contributed by atoms with Gasteiger partial charge in [0.05, 0.1) is 11.0 Å². The third-order valence-electron chi connectivity index (χ3n) is 8.84. The van der Waals surface area contributed by atoms with Gasteiger partial charge in [0.1, 0.15) is 17.8 Å². The third-order valence-corrected chi connectivity index (χ3v) is 8.84. The van der Waals surface area contributed by atoms with Crippen molar-refractivity contribution in [2.45, 2.75) is 77.9 Å². The Hall–Kier alpha value is -6.24. The van der Waals surface area contributed by atoms with Crippen molar-refractivity contribution in [2.75, 3.05) is 23.7 Å². The van der Waals surface area contributed by atoms with Crippen molar-refractivity contribution in [3.05, 3.63) is 165 Å². The number of nitrogens with zero attached hydrogens (tertiary/aromatic N) is 2. The molecule has 0 aliphatic rings. The van der Waals surface area contributed by atoms with Crippen molar-refractivity contribution < 1.29 is 33.8 Å². The van der Waals surface area contributed by atoms with Crippen LogP contribution in [0.25, 0.3) is 0 Å². The van der Waals surface area contributed by atoms with E-state index in [1.807, 2.05) is 109 Å². The van der Waals surface area contributed by atoms with Crippen LogP contribution in [0.1, 0.15) is 81.4 Å². The van der Waals surface area contributed by atoms with Crippen molar-refractivity contribution in [3.63, 3.8) is 0 Å². The number of nitrogens with one attached hydrogen (secondary N) is 2. The van der Waals surface area contributed by atoms with Gasteiger partial charge < -0.3 is 19.3 Å². The minimum absolute atomic E-state index is 0.111. The van der Waals surface area contributed by atoms with E-state index in [0.29, 0.717) is 30.0 Å². The normalized spacial score (nSPS) is 12.2. The highest BCUT2D eigenvalue weighted by Gasteiger charge is 2.25. The van der Waals surface area contributed by atoms with Crippen LogP contribution in [0.3, 0.4) is 0 Å². The van der Waals surface area contributed by atoms with E-state index in [2.05, 4.69) is 15.5 Å². The number of amides is 2. The van der Waals surface area contributed by atoms with Gasteiger partial charge in [-0.25, -0.2) is 9.59 Å². The minimum atomic E-state index is -1.09. The van der Waals surface area contributed by atoms with E-state index in [0.717, 1.165) is 22.3 Å². The summed E-state index contributed by atoms with van der Waals surface area (Å²) in [5.41, 5.74) is 3.67. The molecule has 304 valence electrons. The molecule has 0 aliphatic carbocycles. The molecule has 3 N–H and O–H groups in total. The van der Waals surface area contributed by atoms with Crippen molar-refractivity contribution in [1.82, 2.24) is 4.90 Å². The second-order valence-electron chi connectivity index (χ2n) is 16.0. The number of anilines is 2. The molecule has 0 heterocycles. The molecule has 0 spiro atoms. The van der Waals surface area contributed by atoms with E-state index in [4.69, 9.17) is 14.2 Å². The van der Waals surface area contributed by atoms with Crippen LogP contribution in [0.2, 0.25) is 0 Å². The predicted octanol–water partition coefficient (Wildman–Crippen LogP) is 10.2. The van der Waals surface area contributed by atoms with Crippen LogP contribution in [-0.2, 0) is 22.6 Å². The van der Waals surface area contributed by atoms with Gasteiger partial charge >= 0.3 is 17.9 Å². The number of carbonyl (C=O) groups is 2. The maximum atomic E-state index is 12.5. The van der Waals surface area contributed by atoms with E-state index in [-0.39, 0.29) is 30.5 Å². The molecule has 0 aliphatic heterocycles. The van der Waals surface area contributed by atoms with Crippen LogP contribution in [0, 0.1) is 10.1 Å². The topological polar surface area (TPSA) is 152 Å². The molecular formula is C46H52N4O8. The first-order valence-corrected chi connectivity index (χ1v) is 19.1. The summed E-state index contributed by atoms with van der Waals surface area (Å²) < 4.78 is 16.7. The maximum Gasteiger partial charge on any atom is 0.412 e. The summed E-state index contributed by atoms with van der Waals surface area (Å²) in [6.45, 7) is 12.0. The standard InChI is InChI=1S/C46H52N4O8/c1-45(2,3)57-43(52)47-37-22-17-34(18-23-37)39(35-19-24-38(25-20-35)48-44(53)58-46(4,5)6)29-49(28-32-13-9-7-10-14-32)30-41(51)36-21-26-42(40(27-36)50(54)55)56-31-33-15-11-8-12-16-33/h7-27,39,41,51H,28-31H2,1-6H3,(H,47,52)(H,48,53). The molecular weight excluding hydrogens is 737 g/mol. The molecule has 0 saturated carbocycles. The monoisotopic (exact) mass is 788 g/mol. The summed E-state index contributed by atoms with van der Waals surface area (Å²) in [6, 6.07) is 38.7. The Bertz CT molecular complexity index is 2040. The molecule has 0 bridgehead atoms. The first-order valence-electron chi connectivity index (χ1n) is 19.1. The van der Waals surface area contributed by atoms with Gasteiger partial charge in [-0.2, -0.15) is 0 Å². The largest absolute Gasteiger partial charge is 0.482 e. The maximum absolute atomic E-state index is 12.5. The molecule has 5 aromatic rings. The first kappa shape index (κ1) is 42.9. The van der Waals surface area contributed by atoms with Crippen LogP contribution in [0.5, 0.6) is 5.75 Å². The molecule has 58 heavy (non-hydrogen) atoms. The van der Waals surface area contributed by atoms with Crippen molar-refractivity contribution in [1.29, 1.82) is 0 Å². The van der Waals surface area contributed by atoms with Crippen molar-refractivity contribution in [3.8, 4) is 5.75 Å². The molecule has 0 radical (unpaired) electrons. The Morgan fingerprint density at radius 3 is 1.60 bits per heavy atom. The molecule has 1 unspecified atom stereocenters. The minimum Gasteiger partial charge on any atom is -0.482 e. The lowest BCUT2D eigenvalue weighted by molar-refractivity contribution is -0.386. The van der Waals surface area contributed by atoms with Crippen molar-refractivity contribution >= 4 is 29.2 Å². The zero-order chi connectivity index (χ0) is 41.9. The van der Waals surface area contributed by atoms with E-state index in [1.54, 1.807) is 47.6 Å². The van der Waals surface area contributed by atoms with E-state index < -0.39 is 34.4 Å². The summed E-state index contributed by atoms with van der Waals surface area (Å²) in [4.78, 5) is 38.8. The fourth-order valence-electron chi connectivity index (χ4n) is 6.24. The molecule has 12 heteroatoms. The number of nitro groups is 1. The Morgan fingerprint density at radius 2 is 1.14 bits per heavy atom. The molecule has 0 aromatic heterocycles. The molecule has 5 aromatic carbocycles. The zero-order valence-corrected chi connectivity index (χ0v) is 33.8. The summed E-state index contributed by atoms with van der Waals surface area (Å²) >= 11 is 0. The summed E-state index contributed by atoms with van der Waals surface area (Å²) in [7, 11) is 0.